The number of hydrogen-bond donors (Lipinski definition) is 0. The van der Waals surface area contributed by atoms with Gasteiger partial charge in [0, 0.05) is 17.1 Å². The highest BCUT2D eigenvalue weighted by atomic mass is 79.9. The SMILES string of the molecule is O=S1(=O)CCc2nc3ccc(Br)cn3c2C1. The van der Waals surface area contributed by atoms with E-state index >= 15 is 0 Å². The lowest BCUT2D eigenvalue weighted by Gasteiger charge is -2.11. The fourth-order valence-electron chi connectivity index (χ4n) is 2.00. The van der Waals surface area contributed by atoms with Gasteiger partial charge in [0.15, 0.2) is 9.84 Å². The van der Waals surface area contributed by atoms with Crippen LogP contribution in [0.4, 0.5) is 0 Å². The molecule has 0 unspecified atom stereocenters. The second-order valence-electron chi connectivity index (χ2n) is 3.92. The highest BCUT2D eigenvalue weighted by Crippen LogP contribution is 2.23. The molecule has 0 atom stereocenters. The van der Waals surface area contributed by atoms with Crippen LogP contribution in [0.5, 0.6) is 0 Å². The van der Waals surface area contributed by atoms with Crippen LogP contribution in [0, 0.1) is 0 Å². The van der Waals surface area contributed by atoms with Crippen molar-refractivity contribution in [2.24, 2.45) is 0 Å². The zero-order chi connectivity index (χ0) is 11.3. The standard InChI is InChI=1S/C10H9BrN2O2S/c11-7-1-2-10-12-8-3-4-16(14,15)6-9(8)13(10)5-7/h1-2,5H,3-4,6H2. The van der Waals surface area contributed by atoms with Gasteiger partial charge in [-0.25, -0.2) is 13.4 Å². The maximum atomic E-state index is 11.6. The van der Waals surface area contributed by atoms with Gasteiger partial charge in [0.1, 0.15) is 5.65 Å². The number of imidazole rings is 1. The van der Waals surface area contributed by atoms with Crippen molar-refractivity contribution < 1.29 is 8.42 Å². The Morgan fingerprint density at radius 2 is 2.19 bits per heavy atom. The monoisotopic (exact) mass is 300 g/mol. The average Bonchev–Trinajstić information content (AvgIpc) is 2.55. The molecule has 1 aliphatic heterocycles. The number of halogens is 1. The molecular weight excluding hydrogens is 292 g/mol. The molecular formula is C10H9BrN2O2S. The van der Waals surface area contributed by atoms with Gasteiger partial charge in [-0.3, -0.25) is 0 Å². The Morgan fingerprint density at radius 3 is 3.00 bits per heavy atom. The van der Waals surface area contributed by atoms with E-state index in [-0.39, 0.29) is 11.5 Å². The molecule has 0 saturated heterocycles. The summed E-state index contributed by atoms with van der Waals surface area (Å²) in [5.74, 6) is 0.311. The molecule has 2 aromatic heterocycles. The summed E-state index contributed by atoms with van der Waals surface area (Å²) < 4.78 is 26.0. The molecule has 0 fully saturated rings. The lowest BCUT2D eigenvalue weighted by Crippen LogP contribution is -2.19. The van der Waals surface area contributed by atoms with E-state index < -0.39 is 9.84 Å². The van der Waals surface area contributed by atoms with Crippen molar-refractivity contribution in [1.82, 2.24) is 9.38 Å². The van der Waals surface area contributed by atoms with E-state index in [0.29, 0.717) is 6.42 Å². The minimum absolute atomic E-state index is 0.0972. The molecule has 3 heterocycles. The molecule has 0 amide bonds. The maximum Gasteiger partial charge on any atom is 0.156 e. The first-order valence-corrected chi connectivity index (χ1v) is 7.52. The predicted octanol–water partition coefficient (Wildman–Crippen LogP) is 1.57. The molecule has 0 aliphatic carbocycles. The minimum Gasteiger partial charge on any atom is -0.302 e. The van der Waals surface area contributed by atoms with E-state index in [0.717, 1.165) is 21.5 Å². The summed E-state index contributed by atoms with van der Waals surface area (Å²) in [5.41, 5.74) is 2.53. The van der Waals surface area contributed by atoms with Gasteiger partial charge < -0.3 is 4.40 Å². The molecule has 16 heavy (non-hydrogen) atoms. The van der Waals surface area contributed by atoms with Gasteiger partial charge in [0.05, 0.1) is 22.9 Å². The van der Waals surface area contributed by atoms with Crippen LogP contribution in [0.15, 0.2) is 22.8 Å². The van der Waals surface area contributed by atoms with E-state index in [4.69, 9.17) is 0 Å². The first-order chi connectivity index (χ1) is 7.55. The molecule has 3 rings (SSSR count). The van der Waals surface area contributed by atoms with Gasteiger partial charge in [-0.2, -0.15) is 0 Å². The number of nitrogens with zero attached hydrogens (tertiary/aromatic N) is 2. The molecule has 2 aromatic rings. The Labute approximate surface area is 101 Å². The Balaban J connectivity index is 2.31. The van der Waals surface area contributed by atoms with E-state index in [9.17, 15) is 8.42 Å². The summed E-state index contributed by atoms with van der Waals surface area (Å²) in [6.07, 6.45) is 2.39. The normalized spacial score (nSPS) is 18.6. The fourth-order valence-corrected chi connectivity index (χ4v) is 3.71. The first-order valence-electron chi connectivity index (χ1n) is 4.91. The number of rotatable bonds is 0. The van der Waals surface area contributed by atoms with Gasteiger partial charge in [-0.05, 0) is 28.1 Å². The Kier molecular flexibility index (Phi) is 2.12. The topological polar surface area (TPSA) is 51.4 Å². The molecule has 0 bridgehead atoms. The van der Waals surface area contributed by atoms with Crippen LogP contribution in [-0.2, 0) is 22.0 Å². The zero-order valence-electron chi connectivity index (χ0n) is 8.35. The predicted molar refractivity (Wildman–Crippen MR) is 64.1 cm³/mol. The van der Waals surface area contributed by atoms with Crippen molar-refractivity contribution in [3.63, 3.8) is 0 Å². The van der Waals surface area contributed by atoms with Crippen LogP contribution in [0.1, 0.15) is 11.4 Å². The highest BCUT2D eigenvalue weighted by molar-refractivity contribution is 9.10. The number of aromatic nitrogens is 2. The van der Waals surface area contributed by atoms with Gasteiger partial charge in [0.2, 0.25) is 0 Å². The lowest BCUT2D eigenvalue weighted by molar-refractivity contribution is 0.590. The minimum atomic E-state index is -2.95. The summed E-state index contributed by atoms with van der Waals surface area (Å²) in [6, 6.07) is 3.79. The lowest BCUT2D eigenvalue weighted by atomic mass is 10.3. The van der Waals surface area contributed by atoms with Crippen LogP contribution in [-0.4, -0.2) is 23.6 Å². The van der Waals surface area contributed by atoms with Crippen molar-refractivity contribution in [3.05, 3.63) is 34.2 Å². The smallest absolute Gasteiger partial charge is 0.156 e. The van der Waals surface area contributed by atoms with Gasteiger partial charge in [-0.15, -0.1) is 0 Å². The molecule has 0 spiro atoms. The van der Waals surface area contributed by atoms with Crippen molar-refractivity contribution in [2.75, 3.05) is 5.75 Å². The molecule has 1 aliphatic rings. The van der Waals surface area contributed by atoms with Crippen molar-refractivity contribution in [3.8, 4) is 0 Å². The zero-order valence-corrected chi connectivity index (χ0v) is 10.8. The second kappa shape index (κ2) is 3.30. The van der Waals surface area contributed by atoms with Crippen molar-refractivity contribution in [1.29, 1.82) is 0 Å². The van der Waals surface area contributed by atoms with Gasteiger partial charge >= 0.3 is 0 Å². The van der Waals surface area contributed by atoms with Crippen LogP contribution in [0.2, 0.25) is 0 Å². The summed E-state index contributed by atoms with van der Waals surface area (Å²) >= 11 is 3.38. The number of aryl methyl sites for hydroxylation is 1. The van der Waals surface area contributed by atoms with E-state index in [1.54, 1.807) is 0 Å². The van der Waals surface area contributed by atoms with Crippen LogP contribution in [0.25, 0.3) is 5.65 Å². The molecule has 4 nitrogen and oxygen atoms in total. The molecule has 0 aromatic carbocycles. The van der Waals surface area contributed by atoms with Crippen molar-refractivity contribution >= 4 is 31.4 Å². The summed E-state index contributed by atoms with van der Waals surface area (Å²) in [4.78, 5) is 4.44. The molecule has 0 radical (unpaired) electrons. The van der Waals surface area contributed by atoms with Crippen LogP contribution < -0.4 is 0 Å². The molecule has 0 N–H and O–H groups in total. The summed E-state index contributed by atoms with van der Waals surface area (Å²) in [7, 11) is -2.95. The summed E-state index contributed by atoms with van der Waals surface area (Å²) in [5, 5.41) is 0. The first kappa shape index (κ1) is 10.3. The number of fused-ring (bicyclic) bond motifs is 3. The highest BCUT2D eigenvalue weighted by Gasteiger charge is 2.25. The van der Waals surface area contributed by atoms with E-state index in [1.165, 1.54) is 0 Å². The molecule has 0 saturated carbocycles. The number of pyridine rings is 1. The second-order valence-corrected chi connectivity index (χ2v) is 7.02. The average molecular weight is 301 g/mol. The molecule has 84 valence electrons. The molecule has 6 heteroatoms. The van der Waals surface area contributed by atoms with Crippen LogP contribution in [0.3, 0.4) is 0 Å². The summed E-state index contributed by atoms with van der Waals surface area (Å²) in [6.45, 7) is 0. The van der Waals surface area contributed by atoms with Gasteiger partial charge in [-0.1, -0.05) is 0 Å². The van der Waals surface area contributed by atoms with E-state index in [2.05, 4.69) is 20.9 Å². The third kappa shape index (κ3) is 1.56. The quantitative estimate of drug-likeness (QED) is 0.742. The van der Waals surface area contributed by atoms with Crippen LogP contribution >= 0.6 is 15.9 Å². The Hall–Kier alpha value is -0.880. The van der Waals surface area contributed by atoms with E-state index in [1.807, 2.05) is 22.7 Å². The van der Waals surface area contributed by atoms with Crippen molar-refractivity contribution in [2.45, 2.75) is 12.2 Å². The Morgan fingerprint density at radius 1 is 1.38 bits per heavy atom. The largest absolute Gasteiger partial charge is 0.302 e. The number of hydrogen-bond acceptors (Lipinski definition) is 3. The fraction of sp³-hybridized carbons (Fsp3) is 0.300. The Bertz CT molecular complexity index is 675. The van der Waals surface area contributed by atoms with Gasteiger partial charge in [0.25, 0.3) is 0 Å². The third-order valence-corrected chi connectivity index (χ3v) is 4.78. The number of sulfone groups is 1. The third-order valence-electron chi connectivity index (χ3n) is 2.77. The maximum absolute atomic E-state index is 11.6.